The SMILES string of the molecule is CN[PH](=O)OC[C@@H]1CNC[C@H](C)O1. The average Bonchev–Trinajstić information content (AvgIpc) is 2.14. The summed E-state index contributed by atoms with van der Waals surface area (Å²) in [4.78, 5) is 0. The standard InChI is InChI=1S/C7H17N2O3P/c1-6-3-9-4-7(12-6)5-11-13(10)8-2/h6-7,9,13H,3-5H2,1-2H3,(H,8,10)/t6-,7-/m0/s1. The summed E-state index contributed by atoms with van der Waals surface area (Å²) in [6.07, 6.45) is 0.227. The average molecular weight is 208 g/mol. The van der Waals surface area contributed by atoms with Crippen molar-refractivity contribution in [2.45, 2.75) is 19.1 Å². The van der Waals surface area contributed by atoms with Crippen LogP contribution < -0.4 is 10.4 Å². The van der Waals surface area contributed by atoms with Gasteiger partial charge in [-0.2, -0.15) is 0 Å². The molecule has 3 atom stereocenters. The smallest absolute Gasteiger partial charge is 0.258 e. The third-order valence-corrected chi connectivity index (χ3v) is 2.67. The van der Waals surface area contributed by atoms with E-state index >= 15 is 0 Å². The Morgan fingerprint density at radius 2 is 2.46 bits per heavy atom. The molecule has 1 unspecified atom stereocenters. The molecule has 1 heterocycles. The molecular weight excluding hydrogens is 191 g/mol. The van der Waals surface area contributed by atoms with Gasteiger partial charge < -0.3 is 14.6 Å². The molecule has 1 aliphatic rings. The maximum absolute atomic E-state index is 10.9. The molecule has 0 aromatic heterocycles. The van der Waals surface area contributed by atoms with Crippen molar-refractivity contribution >= 4 is 8.18 Å². The zero-order valence-electron chi connectivity index (χ0n) is 8.00. The van der Waals surface area contributed by atoms with Crippen LogP contribution in [0.1, 0.15) is 6.92 Å². The van der Waals surface area contributed by atoms with Crippen molar-refractivity contribution in [1.82, 2.24) is 10.4 Å². The summed E-state index contributed by atoms with van der Waals surface area (Å²) in [5.74, 6) is 0. The highest BCUT2D eigenvalue weighted by Gasteiger charge is 2.19. The largest absolute Gasteiger partial charge is 0.370 e. The van der Waals surface area contributed by atoms with Crippen LogP contribution in [0.25, 0.3) is 0 Å². The number of rotatable bonds is 4. The maximum Gasteiger partial charge on any atom is 0.258 e. The van der Waals surface area contributed by atoms with Gasteiger partial charge in [-0.3, -0.25) is 9.65 Å². The Kier molecular flexibility index (Phi) is 4.91. The topological polar surface area (TPSA) is 59.6 Å². The predicted molar refractivity (Wildman–Crippen MR) is 51.2 cm³/mol. The van der Waals surface area contributed by atoms with Gasteiger partial charge in [-0.15, -0.1) is 0 Å². The predicted octanol–water partition coefficient (Wildman–Crippen LogP) is -0.0110. The van der Waals surface area contributed by atoms with E-state index in [2.05, 4.69) is 10.4 Å². The fourth-order valence-corrected chi connectivity index (χ4v) is 1.69. The summed E-state index contributed by atoms with van der Waals surface area (Å²) in [6.45, 7) is 4.02. The highest BCUT2D eigenvalue weighted by Crippen LogP contribution is 2.16. The summed E-state index contributed by atoms with van der Waals surface area (Å²) < 4.78 is 21.5. The van der Waals surface area contributed by atoms with E-state index in [1.165, 1.54) is 0 Å². The highest BCUT2D eigenvalue weighted by molar-refractivity contribution is 7.36. The molecule has 0 bridgehead atoms. The van der Waals surface area contributed by atoms with E-state index in [1.807, 2.05) is 6.92 Å². The molecule has 1 fully saturated rings. The lowest BCUT2D eigenvalue weighted by atomic mass is 10.3. The Morgan fingerprint density at radius 1 is 1.69 bits per heavy atom. The molecule has 1 aliphatic heterocycles. The van der Waals surface area contributed by atoms with Gasteiger partial charge in [0.25, 0.3) is 8.18 Å². The summed E-state index contributed by atoms with van der Waals surface area (Å²) in [5.41, 5.74) is 0. The number of hydrogen-bond donors (Lipinski definition) is 2. The van der Waals surface area contributed by atoms with E-state index in [0.717, 1.165) is 13.1 Å². The molecular formula is C7H17N2O3P. The summed E-state index contributed by atoms with van der Waals surface area (Å²) in [5, 5.41) is 5.77. The minimum Gasteiger partial charge on any atom is -0.370 e. The van der Waals surface area contributed by atoms with Crippen LogP contribution in [-0.4, -0.2) is 39.0 Å². The van der Waals surface area contributed by atoms with Crippen LogP contribution in [0.2, 0.25) is 0 Å². The zero-order valence-corrected chi connectivity index (χ0v) is 9.00. The first-order valence-electron chi connectivity index (χ1n) is 4.43. The second kappa shape index (κ2) is 5.73. The molecule has 78 valence electrons. The molecule has 13 heavy (non-hydrogen) atoms. The Hall–Kier alpha value is 0.0700. The third-order valence-electron chi connectivity index (χ3n) is 1.83. The van der Waals surface area contributed by atoms with Crippen molar-refractivity contribution in [3.8, 4) is 0 Å². The normalized spacial score (nSPS) is 31.5. The second-order valence-electron chi connectivity index (χ2n) is 3.08. The highest BCUT2D eigenvalue weighted by atomic mass is 31.1. The fourth-order valence-electron chi connectivity index (χ4n) is 1.21. The van der Waals surface area contributed by atoms with E-state index in [-0.39, 0.29) is 12.2 Å². The van der Waals surface area contributed by atoms with Gasteiger partial charge in [0.05, 0.1) is 18.8 Å². The molecule has 0 radical (unpaired) electrons. The van der Waals surface area contributed by atoms with Gasteiger partial charge >= 0.3 is 0 Å². The van der Waals surface area contributed by atoms with Gasteiger partial charge in [0.2, 0.25) is 0 Å². The Bertz CT molecular complexity index is 179. The van der Waals surface area contributed by atoms with E-state index in [4.69, 9.17) is 9.26 Å². The number of hydrogen-bond acceptors (Lipinski definition) is 4. The molecule has 0 spiro atoms. The van der Waals surface area contributed by atoms with Crippen LogP contribution in [-0.2, 0) is 13.8 Å². The molecule has 6 heteroatoms. The van der Waals surface area contributed by atoms with Crippen LogP contribution >= 0.6 is 8.18 Å². The quantitative estimate of drug-likeness (QED) is 0.636. The van der Waals surface area contributed by atoms with E-state index in [9.17, 15) is 4.57 Å². The number of ether oxygens (including phenoxy) is 1. The van der Waals surface area contributed by atoms with Crippen LogP contribution in [0, 0.1) is 0 Å². The van der Waals surface area contributed by atoms with Crippen LogP contribution in [0.4, 0.5) is 0 Å². The van der Waals surface area contributed by atoms with Crippen LogP contribution in [0.3, 0.4) is 0 Å². The molecule has 0 aromatic rings. The second-order valence-corrected chi connectivity index (χ2v) is 4.44. The number of morpholine rings is 1. The van der Waals surface area contributed by atoms with Crippen molar-refractivity contribution in [3.63, 3.8) is 0 Å². The fraction of sp³-hybridized carbons (Fsp3) is 1.00. The zero-order chi connectivity index (χ0) is 9.68. The van der Waals surface area contributed by atoms with Crippen LogP contribution in [0.15, 0.2) is 0 Å². The van der Waals surface area contributed by atoms with Gasteiger partial charge in [0.1, 0.15) is 0 Å². The minimum atomic E-state index is -2.05. The van der Waals surface area contributed by atoms with Gasteiger partial charge in [-0.25, -0.2) is 0 Å². The molecule has 5 nitrogen and oxygen atoms in total. The molecule has 0 saturated carbocycles. The van der Waals surface area contributed by atoms with Crippen molar-refractivity contribution in [3.05, 3.63) is 0 Å². The minimum absolute atomic E-state index is 0.0195. The first kappa shape index (κ1) is 11.1. The van der Waals surface area contributed by atoms with Gasteiger partial charge in [-0.1, -0.05) is 0 Å². The summed E-state index contributed by atoms with van der Waals surface area (Å²) in [6, 6.07) is 0. The van der Waals surface area contributed by atoms with Crippen molar-refractivity contribution < 1.29 is 13.8 Å². The maximum atomic E-state index is 10.9. The summed E-state index contributed by atoms with van der Waals surface area (Å²) in [7, 11) is -0.438. The van der Waals surface area contributed by atoms with E-state index < -0.39 is 8.18 Å². The first-order valence-corrected chi connectivity index (χ1v) is 5.74. The third kappa shape index (κ3) is 4.20. The lowest BCUT2D eigenvalue weighted by Crippen LogP contribution is -2.45. The number of nitrogens with one attached hydrogen (secondary N) is 2. The molecule has 1 rings (SSSR count). The molecule has 2 N–H and O–H groups in total. The van der Waals surface area contributed by atoms with E-state index in [1.54, 1.807) is 7.05 Å². The van der Waals surface area contributed by atoms with Crippen molar-refractivity contribution in [1.29, 1.82) is 0 Å². The van der Waals surface area contributed by atoms with E-state index in [0.29, 0.717) is 6.61 Å². The Labute approximate surface area is 79.1 Å². The molecule has 1 saturated heterocycles. The monoisotopic (exact) mass is 208 g/mol. The van der Waals surface area contributed by atoms with Crippen LogP contribution in [0.5, 0.6) is 0 Å². The Balaban J connectivity index is 2.17. The van der Waals surface area contributed by atoms with Crippen molar-refractivity contribution in [2.24, 2.45) is 0 Å². The van der Waals surface area contributed by atoms with Gasteiger partial charge in [-0.05, 0) is 14.0 Å². The molecule has 0 amide bonds. The Morgan fingerprint density at radius 3 is 3.08 bits per heavy atom. The summed E-state index contributed by atoms with van der Waals surface area (Å²) >= 11 is 0. The van der Waals surface area contributed by atoms with Gasteiger partial charge in [0.15, 0.2) is 0 Å². The lowest BCUT2D eigenvalue weighted by Gasteiger charge is -2.28. The van der Waals surface area contributed by atoms with Crippen molar-refractivity contribution in [2.75, 3.05) is 26.7 Å². The first-order chi connectivity index (χ1) is 6.22. The molecule has 0 aromatic carbocycles. The lowest BCUT2D eigenvalue weighted by molar-refractivity contribution is -0.0461. The molecule has 0 aliphatic carbocycles. The van der Waals surface area contributed by atoms with Gasteiger partial charge in [0, 0.05) is 13.1 Å².